The maximum Gasteiger partial charge on any atom is 0.339 e. The zero-order valence-electron chi connectivity index (χ0n) is 13.5. The number of hydrogen-bond acceptors (Lipinski definition) is 6. The Morgan fingerprint density at radius 1 is 1.04 bits per heavy atom. The number of ether oxygens (including phenoxy) is 2. The van der Waals surface area contributed by atoms with Crippen molar-refractivity contribution in [1.82, 2.24) is 0 Å². The lowest BCUT2D eigenvalue weighted by Crippen LogP contribution is -2.33. The molecule has 2 aromatic rings. The number of para-hydroxylation sites is 1. The Balaban J connectivity index is 2.25. The lowest BCUT2D eigenvalue weighted by molar-refractivity contribution is -0.141. The summed E-state index contributed by atoms with van der Waals surface area (Å²) in [5.41, 5.74) is 1.66. The van der Waals surface area contributed by atoms with Crippen molar-refractivity contribution in [2.45, 2.75) is 12.5 Å². The predicted octanol–water partition coefficient (Wildman–Crippen LogP) is 2.38. The minimum absolute atomic E-state index is 0.150. The molecule has 1 unspecified atom stereocenters. The van der Waals surface area contributed by atoms with Gasteiger partial charge >= 0.3 is 11.9 Å². The number of rotatable bonds is 6. The third kappa shape index (κ3) is 4.25. The van der Waals surface area contributed by atoms with Crippen LogP contribution in [-0.4, -0.2) is 37.3 Å². The number of methoxy groups -OCH3 is 2. The maximum atomic E-state index is 12.1. The van der Waals surface area contributed by atoms with Crippen molar-refractivity contribution >= 4 is 17.6 Å². The van der Waals surface area contributed by atoms with Gasteiger partial charge in [-0.1, -0.05) is 24.3 Å². The van der Waals surface area contributed by atoms with Gasteiger partial charge in [0.1, 0.15) is 11.8 Å². The van der Waals surface area contributed by atoms with E-state index in [-0.39, 0.29) is 5.75 Å². The number of hydrogen-bond donors (Lipinski definition) is 2. The first-order valence-electron chi connectivity index (χ1n) is 7.34. The number of aromatic hydroxyl groups is 1. The molecular weight excluding hydrogens is 310 g/mol. The molecule has 2 aromatic carbocycles. The van der Waals surface area contributed by atoms with Crippen LogP contribution in [-0.2, 0) is 20.7 Å². The van der Waals surface area contributed by atoms with Gasteiger partial charge in [0, 0.05) is 12.1 Å². The number of phenolic OH excluding ortho intramolecular Hbond substituents is 1. The molecule has 0 heterocycles. The van der Waals surface area contributed by atoms with Crippen LogP contribution in [0.2, 0.25) is 0 Å². The lowest BCUT2D eigenvalue weighted by atomic mass is 10.0. The molecular formula is C18H19NO5. The van der Waals surface area contributed by atoms with E-state index in [1.165, 1.54) is 14.2 Å². The Morgan fingerprint density at radius 2 is 1.71 bits per heavy atom. The number of carbonyl (C=O) groups excluding carboxylic acids is 2. The molecule has 0 saturated carbocycles. The van der Waals surface area contributed by atoms with Gasteiger partial charge in [-0.2, -0.15) is 0 Å². The third-order valence-electron chi connectivity index (χ3n) is 3.52. The van der Waals surface area contributed by atoms with Crippen molar-refractivity contribution in [3.05, 3.63) is 59.7 Å². The second-order valence-corrected chi connectivity index (χ2v) is 5.13. The second-order valence-electron chi connectivity index (χ2n) is 5.13. The molecule has 6 nitrogen and oxygen atoms in total. The number of benzene rings is 2. The summed E-state index contributed by atoms with van der Waals surface area (Å²) in [6, 6.07) is 12.6. The van der Waals surface area contributed by atoms with Crippen molar-refractivity contribution in [2.24, 2.45) is 0 Å². The number of nitrogens with one attached hydrogen (secondary N) is 1. The summed E-state index contributed by atoms with van der Waals surface area (Å²) in [5.74, 6) is -0.800. The molecule has 0 spiro atoms. The molecule has 1 atom stereocenters. The molecule has 0 aliphatic heterocycles. The summed E-state index contributed by atoms with van der Waals surface area (Å²) in [5, 5.41) is 12.4. The normalized spacial score (nSPS) is 11.4. The Labute approximate surface area is 140 Å². The van der Waals surface area contributed by atoms with E-state index in [4.69, 9.17) is 9.47 Å². The molecule has 0 saturated heterocycles. The van der Waals surface area contributed by atoms with E-state index in [2.05, 4.69) is 5.32 Å². The Hall–Kier alpha value is -3.02. The smallest absolute Gasteiger partial charge is 0.339 e. The molecule has 0 aliphatic rings. The molecule has 0 amide bonds. The van der Waals surface area contributed by atoms with Crippen molar-refractivity contribution in [3.63, 3.8) is 0 Å². The van der Waals surface area contributed by atoms with Crippen molar-refractivity contribution in [2.75, 3.05) is 19.5 Å². The Morgan fingerprint density at radius 3 is 2.33 bits per heavy atom. The van der Waals surface area contributed by atoms with Gasteiger partial charge in [-0.15, -0.1) is 0 Å². The van der Waals surface area contributed by atoms with E-state index in [0.717, 1.165) is 5.56 Å². The van der Waals surface area contributed by atoms with Crippen molar-refractivity contribution in [3.8, 4) is 5.75 Å². The zero-order chi connectivity index (χ0) is 17.5. The molecule has 126 valence electrons. The van der Waals surface area contributed by atoms with Gasteiger partial charge in [0.2, 0.25) is 0 Å². The molecule has 2 N–H and O–H groups in total. The largest absolute Gasteiger partial charge is 0.508 e. The highest BCUT2D eigenvalue weighted by Crippen LogP contribution is 2.19. The summed E-state index contributed by atoms with van der Waals surface area (Å²) >= 11 is 0. The highest BCUT2D eigenvalue weighted by molar-refractivity contribution is 5.96. The molecule has 0 radical (unpaired) electrons. The summed E-state index contributed by atoms with van der Waals surface area (Å²) < 4.78 is 9.59. The Bertz CT molecular complexity index is 712. The van der Waals surface area contributed by atoms with Gasteiger partial charge in [0.25, 0.3) is 0 Å². The van der Waals surface area contributed by atoms with E-state index in [9.17, 15) is 14.7 Å². The lowest BCUT2D eigenvalue weighted by Gasteiger charge is -2.19. The van der Waals surface area contributed by atoms with E-state index in [1.807, 2.05) is 0 Å². The fourth-order valence-electron chi connectivity index (χ4n) is 2.29. The van der Waals surface area contributed by atoms with Gasteiger partial charge in [-0.05, 0) is 29.8 Å². The van der Waals surface area contributed by atoms with Crippen molar-refractivity contribution in [1.29, 1.82) is 0 Å². The van der Waals surface area contributed by atoms with E-state index in [0.29, 0.717) is 17.7 Å². The zero-order valence-corrected chi connectivity index (χ0v) is 13.5. The fraction of sp³-hybridized carbons (Fsp3) is 0.222. The molecule has 0 aromatic heterocycles. The van der Waals surface area contributed by atoms with Crippen LogP contribution >= 0.6 is 0 Å². The summed E-state index contributed by atoms with van der Waals surface area (Å²) in [7, 11) is 2.60. The third-order valence-corrected chi connectivity index (χ3v) is 3.52. The SMILES string of the molecule is COC(=O)c1ccccc1NC(Cc1ccc(O)cc1)C(=O)OC. The van der Waals surface area contributed by atoms with E-state index < -0.39 is 18.0 Å². The van der Waals surface area contributed by atoms with Crippen LogP contribution < -0.4 is 5.32 Å². The number of esters is 2. The first kappa shape index (κ1) is 17.3. The van der Waals surface area contributed by atoms with E-state index >= 15 is 0 Å². The maximum absolute atomic E-state index is 12.1. The minimum Gasteiger partial charge on any atom is -0.508 e. The van der Waals surface area contributed by atoms with Crippen LogP contribution in [0.25, 0.3) is 0 Å². The van der Waals surface area contributed by atoms with Gasteiger partial charge in [-0.3, -0.25) is 0 Å². The van der Waals surface area contributed by atoms with Crippen LogP contribution in [0.15, 0.2) is 48.5 Å². The summed E-state index contributed by atoms with van der Waals surface area (Å²) in [4.78, 5) is 23.9. The molecule has 0 fully saturated rings. The highest BCUT2D eigenvalue weighted by atomic mass is 16.5. The Kier molecular flexibility index (Phi) is 5.78. The van der Waals surface area contributed by atoms with Gasteiger partial charge in [0.05, 0.1) is 19.8 Å². The first-order valence-corrected chi connectivity index (χ1v) is 7.34. The first-order chi connectivity index (χ1) is 11.5. The fourth-order valence-corrected chi connectivity index (χ4v) is 2.29. The summed E-state index contributed by atoms with van der Waals surface area (Å²) in [6.45, 7) is 0. The quantitative estimate of drug-likeness (QED) is 0.792. The van der Waals surface area contributed by atoms with E-state index in [1.54, 1.807) is 48.5 Å². The predicted molar refractivity (Wildman–Crippen MR) is 89.0 cm³/mol. The van der Waals surface area contributed by atoms with Crippen LogP contribution in [0, 0.1) is 0 Å². The monoisotopic (exact) mass is 329 g/mol. The topological polar surface area (TPSA) is 84.9 Å². The molecule has 6 heteroatoms. The van der Waals surface area contributed by atoms with Crippen LogP contribution in [0.5, 0.6) is 5.75 Å². The number of carbonyl (C=O) groups is 2. The average Bonchev–Trinajstić information content (AvgIpc) is 2.62. The molecule has 0 aliphatic carbocycles. The minimum atomic E-state index is -0.689. The van der Waals surface area contributed by atoms with Gasteiger partial charge in [0.15, 0.2) is 0 Å². The van der Waals surface area contributed by atoms with Gasteiger partial charge < -0.3 is 19.9 Å². The van der Waals surface area contributed by atoms with Crippen LogP contribution in [0.3, 0.4) is 0 Å². The molecule has 0 bridgehead atoms. The van der Waals surface area contributed by atoms with Crippen LogP contribution in [0.1, 0.15) is 15.9 Å². The molecule has 2 rings (SSSR count). The average molecular weight is 329 g/mol. The standard InChI is InChI=1S/C18H19NO5/c1-23-17(21)14-5-3-4-6-15(14)19-16(18(22)24-2)11-12-7-9-13(20)10-8-12/h3-10,16,19-20H,11H2,1-2H3. The highest BCUT2D eigenvalue weighted by Gasteiger charge is 2.22. The van der Waals surface area contributed by atoms with Gasteiger partial charge in [-0.25, -0.2) is 9.59 Å². The molecule has 24 heavy (non-hydrogen) atoms. The number of phenols is 1. The summed E-state index contributed by atoms with van der Waals surface area (Å²) in [6.07, 6.45) is 0.336. The second kappa shape index (κ2) is 8.01. The van der Waals surface area contributed by atoms with Crippen LogP contribution in [0.4, 0.5) is 5.69 Å². The van der Waals surface area contributed by atoms with Crippen molar-refractivity contribution < 1.29 is 24.2 Å². The number of anilines is 1.